The van der Waals surface area contributed by atoms with E-state index < -0.39 is 12.0 Å². The number of hydrogen-bond acceptors (Lipinski definition) is 3. The van der Waals surface area contributed by atoms with Crippen LogP contribution in [0.3, 0.4) is 0 Å². The molecule has 0 aliphatic carbocycles. The maximum atomic E-state index is 11.8. The van der Waals surface area contributed by atoms with Crippen molar-refractivity contribution in [3.63, 3.8) is 0 Å². The molecule has 1 unspecified atom stereocenters. The number of carbonyl (C=O) groups is 2. The zero-order valence-electron chi connectivity index (χ0n) is 11.2. The second kappa shape index (κ2) is 7.36. The number of aliphatic carboxylic acids is 1. The van der Waals surface area contributed by atoms with Gasteiger partial charge >= 0.3 is 5.97 Å². The first kappa shape index (κ1) is 15.0. The monoisotopic (exact) mass is 256 g/mol. The molecule has 1 saturated heterocycles. The number of hydrogen-bond donors (Lipinski definition) is 3. The smallest absolute Gasteiger partial charge is 0.326 e. The zero-order chi connectivity index (χ0) is 13.5. The molecule has 3 atom stereocenters. The Morgan fingerprint density at radius 1 is 1.50 bits per heavy atom. The van der Waals surface area contributed by atoms with E-state index in [0.717, 1.165) is 32.4 Å². The molecule has 1 rings (SSSR count). The van der Waals surface area contributed by atoms with Crippen LogP contribution < -0.4 is 10.6 Å². The fourth-order valence-electron chi connectivity index (χ4n) is 2.28. The van der Waals surface area contributed by atoms with Gasteiger partial charge in [-0.05, 0) is 37.8 Å². The summed E-state index contributed by atoms with van der Waals surface area (Å²) < 4.78 is 0. The van der Waals surface area contributed by atoms with Gasteiger partial charge in [0.05, 0.1) is 0 Å². The Morgan fingerprint density at radius 2 is 2.22 bits per heavy atom. The molecule has 0 spiro atoms. The molecule has 18 heavy (non-hydrogen) atoms. The van der Waals surface area contributed by atoms with Gasteiger partial charge in [-0.25, -0.2) is 4.79 Å². The number of carboxylic acid groups (broad SMARTS) is 1. The van der Waals surface area contributed by atoms with E-state index in [9.17, 15) is 9.59 Å². The third-order valence-electron chi connectivity index (χ3n) is 3.67. The van der Waals surface area contributed by atoms with Crippen molar-refractivity contribution < 1.29 is 14.7 Å². The highest BCUT2D eigenvalue weighted by atomic mass is 16.4. The van der Waals surface area contributed by atoms with Gasteiger partial charge in [0.15, 0.2) is 0 Å². The van der Waals surface area contributed by atoms with Crippen LogP contribution in [0.2, 0.25) is 0 Å². The minimum Gasteiger partial charge on any atom is -0.480 e. The normalized spacial score (nSPS) is 23.1. The third-order valence-corrected chi connectivity index (χ3v) is 3.67. The highest BCUT2D eigenvalue weighted by Gasteiger charge is 2.26. The van der Waals surface area contributed by atoms with Crippen LogP contribution >= 0.6 is 0 Å². The Hall–Kier alpha value is -1.10. The molecular weight excluding hydrogens is 232 g/mol. The van der Waals surface area contributed by atoms with Crippen LogP contribution in [0.25, 0.3) is 0 Å². The van der Waals surface area contributed by atoms with Gasteiger partial charge in [0.25, 0.3) is 0 Å². The van der Waals surface area contributed by atoms with Crippen LogP contribution in [0.1, 0.15) is 39.5 Å². The van der Waals surface area contributed by atoms with E-state index in [1.54, 1.807) is 0 Å². The summed E-state index contributed by atoms with van der Waals surface area (Å²) in [4.78, 5) is 22.9. The van der Waals surface area contributed by atoms with Gasteiger partial charge in [0.2, 0.25) is 5.91 Å². The Labute approximate surface area is 108 Å². The predicted molar refractivity (Wildman–Crippen MR) is 69.2 cm³/mol. The van der Waals surface area contributed by atoms with Crippen molar-refractivity contribution in [3.8, 4) is 0 Å². The molecule has 0 aromatic rings. The van der Waals surface area contributed by atoms with Crippen molar-refractivity contribution in [3.05, 3.63) is 0 Å². The maximum absolute atomic E-state index is 11.8. The van der Waals surface area contributed by atoms with E-state index in [0.29, 0.717) is 12.3 Å². The van der Waals surface area contributed by atoms with Crippen LogP contribution in [0.5, 0.6) is 0 Å². The largest absolute Gasteiger partial charge is 0.480 e. The quantitative estimate of drug-likeness (QED) is 0.662. The second-order valence-electron chi connectivity index (χ2n) is 5.19. The molecule has 5 heteroatoms. The summed E-state index contributed by atoms with van der Waals surface area (Å²) in [7, 11) is 0. The minimum atomic E-state index is -0.945. The SMILES string of the molecule is CC[C@H](C)[C@H](NC(=O)CC1CCCNC1)C(=O)O. The van der Waals surface area contributed by atoms with Crippen molar-refractivity contribution in [1.82, 2.24) is 10.6 Å². The summed E-state index contributed by atoms with van der Waals surface area (Å²) in [5, 5.41) is 15.0. The van der Waals surface area contributed by atoms with Crippen LogP contribution in [0.15, 0.2) is 0 Å². The fourth-order valence-corrected chi connectivity index (χ4v) is 2.28. The van der Waals surface area contributed by atoms with Crippen molar-refractivity contribution in [2.24, 2.45) is 11.8 Å². The van der Waals surface area contributed by atoms with Crippen LogP contribution in [0, 0.1) is 11.8 Å². The molecule has 0 radical (unpaired) electrons. The Morgan fingerprint density at radius 3 is 2.72 bits per heavy atom. The molecule has 1 aliphatic rings. The highest BCUT2D eigenvalue weighted by Crippen LogP contribution is 2.15. The first-order valence-corrected chi connectivity index (χ1v) is 6.77. The summed E-state index contributed by atoms with van der Waals surface area (Å²) in [6.45, 7) is 5.65. The molecule has 104 valence electrons. The lowest BCUT2D eigenvalue weighted by Crippen LogP contribution is -2.46. The number of carbonyl (C=O) groups excluding carboxylic acids is 1. The summed E-state index contributed by atoms with van der Waals surface area (Å²) in [5.41, 5.74) is 0. The van der Waals surface area contributed by atoms with Gasteiger partial charge in [-0.1, -0.05) is 20.3 Å². The molecular formula is C13H24N2O3. The molecule has 5 nitrogen and oxygen atoms in total. The minimum absolute atomic E-state index is 0.0454. The average Bonchev–Trinajstić information content (AvgIpc) is 2.36. The lowest BCUT2D eigenvalue weighted by atomic mass is 9.94. The van der Waals surface area contributed by atoms with E-state index in [1.807, 2.05) is 13.8 Å². The Kier molecular flexibility index (Phi) is 6.12. The van der Waals surface area contributed by atoms with Crippen LogP contribution in [-0.4, -0.2) is 36.1 Å². The lowest BCUT2D eigenvalue weighted by molar-refractivity contribution is -0.143. The Bertz CT molecular complexity index is 288. The predicted octanol–water partition coefficient (Wildman–Crippen LogP) is 0.992. The highest BCUT2D eigenvalue weighted by molar-refractivity contribution is 5.83. The summed E-state index contributed by atoms with van der Waals surface area (Å²) in [5.74, 6) is -0.795. The fraction of sp³-hybridized carbons (Fsp3) is 0.846. The van der Waals surface area contributed by atoms with E-state index in [-0.39, 0.29) is 11.8 Å². The van der Waals surface area contributed by atoms with Crippen LogP contribution in [-0.2, 0) is 9.59 Å². The molecule has 1 fully saturated rings. The maximum Gasteiger partial charge on any atom is 0.326 e. The van der Waals surface area contributed by atoms with Crippen molar-refractivity contribution >= 4 is 11.9 Å². The summed E-state index contributed by atoms with van der Waals surface area (Å²) in [6.07, 6.45) is 3.29. The zero-order valence-corrected chi connectivity index (χ0v) is 11.2. The van der Waals surface area contributed by atoms with E-state index >= 15 is 0 Å². The molecule has 3 N–H and O–H groups in total. The van der Waals surface area contributed by atoms with Gasteiger partial charge in [-0.3, -0.25) is 4.79 Å². The lowest BCUT2D eigenvalue weighted by Gasteiger charge is -2.24. The van der Waals surface area contributed by atoms with Gasteiger partial charge in [0, 0.05) is 6.42 Å². The first-order valence-electron chi connectivity index (χ1n) is 6.77. The number of carboxylic acids is 1. The van der Waals surface area contributed by atoms with E-state index in [4.69, 9.17) is 5.11 Å². The van der Waals surface area contributed by atoms with Crippen molar-refractivity contribution in [2.75, 3.05) is 13.1 Å². The van der Waals surface area contributed by atoms with Crippen molar-refractivity contribution in [1.29, 1.82) is 0 Å². The van der Waals surface area contributed by atoms with Crippen LogP contribution in [0.4, 0.5) is 0 Å². The average molecular weight is 256 g/mol. The summed E-state index contributed by atoms with van der Waals surface area (Å²) in [6, 6.07) is -0.765. The molecule has 0 aromatic carbocycles. The van der Waals surface area contributed by atoms with Crippen molar-refractivity contribution in [2.45, 2.75) is 45.6 Å². The van der Waals surface area contributed by atoms with Gasteiger partial charge in [0.1, 0.15) is 6.04 Å². The van der Waals surface area contributed by atoms with Gasteiger partial charge in [-0.15, -0.1) is 0 Å². The molecule has 1 amide bonds. The number of piperidine rings is 1. The Balaban J connectivity index is 2.42. The van der Waals surface area contributed by atoms with E-state index in [1.165, 1.54) is 0 Å². The molecule has 0 bridgehead atoms. The molecule has 1 aliphatic heterocycles. The summed E-state index contributed by atoms with van der Waals surface area (Å²) >= 11 is 0. The standard InChI is InChI=1S/C13H24N2O3/c1-3-9(2)12(13(17)18)15-11(16)7-10-5-4-6-14-8-10/h9-10,12,14H,3-8H2,1-2H3,(H,15,16)(H,17,18)/t9-,10?,12-/m0/s1. The third kappa shape index (κ3) is 4.64. The first-order chi connectivity index (χ1) is 8.54. The number of amides is 1. The number of nitrogens with one attached hydrogen (secondary N) is 2. The second-order valence-corrected chi connectivity index (χ2v) is 5.19. The molecule has 0 saturated carbocycles. The van der Waals surface area contributed by atoms with Gasteiger partial charge in [-0.2, -0.15) is 0 Å². The van der Waals surface area contributed by atoms with E-state index in [2.05, 4.69) is 10.6 Å². The topological polar surface area (TPSA) is 78.4 Å². The number of rotatable bonds is 6. The van der Waals surface area contributed by atoms with Gasteiger partial charge < -0.3 is 15.7 Å². The molecule has 0 aromatic heterocycles. The molecule has 1 heterocycles.